The number of nitrogens with zero attached hydrogens (tertiary/aromatic N) is 7. The topological polar surface area (TPSA) is 106 Å². The molecule has 0 saturated carbocycles. The van der Waals surface area contributed by atoms with Crippen LogP contribution in [-0.4, -0.2) is 43.2 Å². The fraction of sp³-hybridized carbons (Fsp3) is 0.480. The molecule has 0 spiro atoms. The van der Waals surface area contributed by atoms with E-state index in [0.29, 0.717) is 35.5 Å². The van der Waals surface area contributed by atoms with Crippen molar-refractivity contribution >= 4 is 17.5 Å². The summed E-state index contributed by atoms with van der Waals surface area (Å²) in [6.45, 7) is 8.55. The summed E-state index contributed by atoms with van der Waals surface area (Å²) in [7, 11) is 0. The third kappa shape index (κ3) is 3.83. The van der Waals surface area contributed by atoms with Crippen LogP contribution in [0.1, 0.15) is 74.1 Å². The quantitative estimate of drug-likeness (QED) is 0.573. The van der Waals surface area contributed by atoms with Crippen molar-refractivity contribution in [3.8, 4) is 11.5 Å². The molecule has 2 atom stereocenters. The van der Waals surface area contributed by atoms with E-state index in [1.165, 1.54) is 0 Å². The number of aromatic nitrogens is 5. The molecule has 2 aliphatic heterocycles. The van der Waals surface area contributed by atoms with Crippen LogP contribution in [0.5, 0.6) is 0 Å². The highest BCUT2D eigenvalue weighted by atomic mass is 16.2. The zero-order valence-corrected chi connectivity index (χ0v) is 20.1. The van der Waals surface area contributed by atoms with Crippen LogP contribution in [0.3, 0.4) is 0 Å². The van der Waals surface area contributed by atoms with Crippen molar-refractivity contribution in [3.63, 3.8) is 0 Å². The first-order chi connectivity index (χ1) is 16.5. The molecule has 5 heterocycles. The number of amides is 1. The van der Waals surface area contributed by atoms with Crippen molar-refractivity contribution in [2.45, 2.75) is 71.6 Å². The zero-order valence-electron chi connectivity index (χ0n) is 20.1. The second-order valence-corrected chi connectivity index (χ2v) is 9.21. The van der Waals surface area contributed by atoms with E-state index in [0.717, 1.165) is 55.8 Å². The van der Waals surface area contributed by atoms with Crippen LogP contribution < -0.4 is 15.5 Å². The summed E-state index contributed by atoms with van der Waals surface area (Å²) in [5.74, 6) is 2.09. The van der Waals surface area contributed by atoms with Crippen molar-refractivity contribution in [1.29, 1.82) is 0 Å². The monoisotopic (exact) mass is 460 g/mol. The van der Waals surface area contributed by atoms with Gasteiger partial charge in [0.25, 0.3) is 5.91 Å². The normalized spacial score (nSPS) is 18.6. The van der Waals surface area contributed by atoms with Crippen molar-refractivity contribution in [2.75, 3.05) is 16.3 Å². The Balaban J connectivity index is 1.52. The van der Waals surface area contributed by atoms with Gasteiger partial charge in [-0.2, -0.15) is 0 Å². The largest absolute Gasteiger partial charge is 0.354 e. The molecule has 0 radical (unpaired) electrons. The molecule has 5 rings (SSSR count). The molecule has 1 fully saturated rings. The minimum Gasteiger partial charge on any atom is -0.354 e. The first kappa shape index (κ1) is 22.5. The van der Waals surface area contributed by atoms with Gasteiger partial charge in [0.1, 0.15) is 23.7 Å². The molecule has 0 unspecified atom stereocenters. The van der Waals surface area contributed by atoms with Gasteiger partial charge in [-0.15, -0.1) is 10.2 Å². The van der Waals surface area contributed by atoms with Crippen LogP contribution in [0.2, 0.25) is 0 Å². The lowest BCUT2D eigenvalue weighted by Gasteiger charge is -2.25. The summed E-state index contributed by atoms with van der Waals surface area (Å²) in [4.78, 5) is 27.4. The number of carbonyl (C=O) groups is 1. The fourth-order valence-electron chi connectivity index (χ4n) is 4.97. The maximum atomic E-state index is 13.6. The Hall–Kier alpha value is -3.33. The third-order valence-electron chi connectivity index (χ3n) is 6.89. The summed E-state index contributed by atoms with van der Waals surface area (Å²) < 4.78 is 1.98. The van der Waals surface area contributed by atoms with Gasteiger partial charge in [0.05, 0.1) is 17.8 Å². The summed E-state index contributed by atoms with van der Waals surface area (Å²) in [5.41, 5.74) is 9.61. The lowest BCUT2D eigenvalue weighted by Crippen LogP contribution is -2.28. The Labute approximate surface area is 200 Å². The van der Waals surface area contributed by atoms with E-state index in [1.807, 2.05) is 28.8 Å². The van der Waals surface area contributed by atoms with E-state index in [2.05, 4.69) is 35.9 Å². The van der Waals surface area contributed by atoms with Gasteiger partial charge in [-0.05, 0) is 50.8 Å². The number of pyridine rings is 2. The van der Waals surface area contributed by atoms with Crippen molar-refractivity contribution in [2.24, 2.45) is 5.73 Å². The Morgan fingerprint density at radius 1 is 1.21 bits per heavy atom. The summed E-state index contributed by atoms with van der Waals surface area (Å²) in [6.07, 6.45) is 5.71. The van der Waals surface area contributed by atoms with E-state index in [1.54, 1.807) is 11.2 Å². The van der Waals surface area contributed by atoms with Gasteiger partial charge in [-0.3, -0.25) is 9.69 Å². The van der Waals surface area contributed by atoms with Crippen molar-refractivity contribution in [3.05, 3.63) is 47.4 Å². The lowest BCUT2D eigenvalue weighted by molar-refractivity contribution is 0.0996. The van der Waals surface area contributed by atoms with Gasteiger partial charge in [0, 0.05) is 30.7 Å². The molecule has 2 N–H and O–H groups in total. The molecule has 3 aromatic rings. The van der Waals surface area contributed by atoms with Gasteiger partial charge in [-0.25, -0.2) is 9.97 Å². The first-order valence-electron chi connectivity index (χ1n) is 12.2. The maximum Gasteiger partial charge on any atom is 0.260 e. The molecule has 0 aromatic carbocycles. The molecule has 178 valence electrons. The average molecular weight is 461 g/mol. The molecule has 0 aliphatic carbocycles. The Bertz CT molecular complexity index is 1210. The molecule has 1 amide bonds. The number of fused-ring (bicyclic) bond motifs is 1. The Morgan fingerprint density at radius 3 is 2.79 bits per heavy atom. The summed E-state index contributed by atoms with van der Waals surface area (Å²) in [6, 6.07) is 7.82. The molecule has 3 aromatic heterocycles. The Morgan fingerprint density at radius 2 is 2.06 bits per heavy atom. The molecule has 9 heteroatoms. The maximum absolute atomic E-state index is 13.6. The molecule has 34 heavy (non-hydrogen) atoms. The van der Waals surface area contributed by atoms with Gasteiger partial charge >= 0.3 is 0 Å². The number of rotatable bonds is 7. The average Bonchev–Trinajstić information content (AvgIpc) is 3.57. The van der Waals surface area contributed by atoms with E-state index in [4.69, 9.17) is 15.7 Å². The smallest absolute Gasteiger partial charge is 0.260 e. The highest BCUT2D eigenvalue weighted by Crippen LogP contribution is 2.36. The zero-order chi connectivity index (χ0) is 23.8. The van der Waals surface area contributed by atoms with Gasteiger partial charge in [0.2, 0.25) is 0 Å². The minimum absolute atomic E-state index is 0.0604. The fourth-order valence-corrected chi connectivity index (χ4v) is 4.97. The van der Waals surface area contributed by atoms with E-state index in [-0.39, 0.29) is 11.9 Å². The molecule has 1 saturated heterocycles. The van der Waals surface area contributed by atoms with Crippen molar-refractivity contribution in [1.82, 2.24) is 24.7 Å². The minimum atomic E-state index is -0.216. The highest BCUT2D eigenvalue weighted by molar-refractivity contribution is 6.10. The number of hydrogen-bond donors (Lipinski definition) is 1. The van der Waals surface area contributed by atoms with E-state index in [9.17, 15) is 4.79 Å². The van der Waals surface area contributed by atoms with Crippen LogP contribution in [-0.2, 0) is 13.1 Å². The van der Waals surface area contributed by atoms with Gasteiger partial charge in [0.15, 0.2) is 5.82 Å². The predicted molar refractivity (Wildman–Crippen MR) is 132 cm³/mol. The number of aryl methyl sites for hydroxylation is 1. The van der Waals surface area contributed by atoms with Crippen molar-refractivity contribution < 1.29 is 4.79 Å². The molecular formula is C25H32N8O. The second kappa shape index (κ2) is 9.13. The molecule has 9 nitrogen and oxygen atoms in total. The highest BCUT2D eigenvalue weighted by Gasteiger charge is 2.35. The first-order valence-corrected chi connectivity index (χ1v) is 12.2. The lowest BCUT2D eigenvalue weighted by atomic mass is 10.0. The number of carbonyl (C=O) groups excluding carboxylic acids is 1. The van der Waals surface area contributed by atoms with Crippen LogP contribution in [0.15, 0.2) is 30.6 Å². The summed E-state index contributed by atoms with van der Waals surface area (Å²) >= 11 is 0. The number of nitrogens with two attached hydrogens (primary N) is 1. The molecule has 0 bridgehead atoms. The number of anilines is 2. The molecule has 2 aliphatic rings. The molecular weight excluding hydrogens is 428 g/mol. The standard InChI is InChI=1S/C25H32N8O/c1-4-11-31-15-27-30-24(31)20-9-6-10-21(28-20)33-14-18-17(25(33)34)13-22(29-23(18)19(26)5-2)32-12-7-8-16(32)3/h6,9-10,13,15-16,19H,4-5,7-8,11-12,14,26H2,1-3H3/t16-,19-/m1/s1. The summed E-state index contributed by atoms with van der Waals surface area (Å²) in [5, 5.41) is 8.31. The van der Waals surface area contributed by atoms with Crippen LogP contribution in [0, 0.1) is 0 Å². The second-order valence-electron chi connectivity index (χ2n) is 9.21. The third-order valence-corrected chi connectivity index (χ3v) is 6.89. The number of hydrogen-bond acceptors (Lipinski definition) is 7. The van der Waals surface area contributed by atoms with Gasteiger partial charge in [-0.1, -0.05) is 19.9 Å². The van der Waals surface area contributed by atoms with Crippen LogP contribution >= 0.6 is 0 Å². The van der Waals surface area contributed by atoms with Crippen LogP contribution in [0.4, 0.5) is 11.6 Å². The predicted octanol–water partition coefficient (Wildman–Crippen LogP) is 3.70. The van der Waals surface area contributed by atoms with Gasteiger partial charge < -0.3 is 15.2 Å². The Kier molecular flexibility index (Phi) is 6.03. The van der Waals surface area contributed by atoms with E-state index >= 15 is 0 Å². The van der Waals surface area contributed by atoms with E-state index < -0.39 is 0 Å². The van der Waals surface area contributed by atoms with Crippen LogP contribution in [0.25, 0.3) is 11.5 Å². The SMILES string of the molecule is CCCn1cnnc1-c1cccc(N2Cc3c(cc(N4CCC[C@H]4C)nc3[C@H](N)CC)C2=O)n1.